The van der Waals surface area contributed by atoms with E-state index in [0.717, 1.165) is 49.7 Å². The van der Waals surface area contributed by atoms with Crippen LogP contribution in [0.3, 0.4) is 0 Å². The van der Waals surface area contributed by atoms with Gasteiger partial charge in [0.2, 0.25) is 12.3 Å². The minimum atomic E-state index is -1.25. The van der Waals surface area contributed by atoms with E-state index in [2.05, 4.69) is 40.6 Å². The molecule has 4 N–H and O–H groups in total. The lowest BCUT2D eigenvalue weighted by Gasteiger charge is -2.37. The molecule has 2 aliphatic rings. The molecular formula is C37H48BN4O7. The first kappa shape index (κ1) is 35.3. The van der Waals surface area contributed by atoms with Gasteiger partial charge in [0.1, 0.15) is 18.2 Å². The van der Waals surface area contributed by atoms with Crippen LogP contribution in [0.1, 0.15) is 65.4 Å². The van der Waals surface area contributed by atoms with Gasteiger partial charge in [0, 0.05) is 37.6 Å². The molecule has 49 heavy (non-hydrogen) atoms. The molecule has 1 aromatic heterocycles. The number of imidazole rings is 1. The predicted molar refractivity (Wildman–Crippen MR) is 189 cm³/mol. The number of nitrogens with zero attached hydrogens (tertiary/aromatic N) is 2. The van der Waals surface area contributed by atoms with E-state index in [9.17, 15) is 15.0 Å². The van der Waals surface area contributed by atoms with Crippen molar-refractivity contribution in [2.24, 2.45) is 11.8 Å². The Morgan fingerprint density at radius 1 is 1.14 bits per heavy atom. The number of carbonyl (C=O) groups is 1. The summed E-state index contributed by atoms with van der Waals surface area (Å²) in [6.45, 7) is 12.5. The van der Waals surface area contributed by atoms with Crippen molar-refractivity contribution in [3.8, 4) is 16.9 Å². The number of methoxy groups -OCH3 is 2. The molecule has 11 nitrogen and oxygen atoms in total. The third-order valence-electron chi connectivity index (χ3n) is 10.2. The van der Waals surface area contributed by atoms with Gasteiger partial charge in [-0.1, -0.05) is 43.6 Å². The van der Waals surface area contributed by atoms with Gasteiger partial charge < -0.3 is 39.0 Å². The molecule has 3 heterocycles. The summed E-state index contributed by atoms with van der Waals surface area (Å²) < 4.78 is 22.8. The molecule has 1 unspecified atom stereocenters. The Balaban J connectivity index is 1.31. The van der Waals surface area contributed by atoms with Crippen LogP contribution in [0.2, 0.25) is 0 Å². The minimum absolute atomic E-state index is 0.0841. The number of nitrogens with one attached hydrogen (secondary N) is 2. The van der Waals surface area contributed by atoms with Crippen molar-refractivity contribution in [3.63, 3.8) is 0 Å². The summed E-state index contributed by atoms with van der Waals surface area (Å²) in [5.41, 5.74) is 3.98. The van der Waals surface area contributed by atoms with Gasteiger partial charge in [-0.15, -0.1) is 0 Å². The first-order valence-corrected chi connectivity index (χ1v) is 16.9. The first-order valence-electron chi connectivity index (χ1n) is 16.9. The number of likely N-dealkylation sites (tertiary alicyclic amines) is 1. The highest BCUT2D eigenvalue weighted by Crippen LogP contribution is 2.42. The van der Waals surface area contributed by atoms with Crippen molar-refractivity contribution >= 4 is 40.7 Å². The monoisotopic (exact) mass is 671 g/mol. The van der Waals surface area contributed by atoms with Gasteiger partial charge in [-0.2, -0.15) is 0 Å². The van der Waals surface area contributed by atoms with Gasteiger partial charge >= 0.3 is 7.48 Å². The lowest BCUT2D eigenvalue weighted by Crippen LogP contribution is -2.53. The Kier molecular flexibility index (Phi) is 9.84. The lowest BCUT2D eigenvalue weighted by molar-refractivity contribution is -0.145. The Hall–Kier alpha value is -3.52. The molecule has 1 radical (unpaired) electrons. The second-order valence-electron chi connectivity index (χ2n) is 14.7. The summed E-state index contributed by atoms with van der Waals surface area (Å²) in [6, 6.07) is 13.6. The van der Waals surface area contributed by atoms with Crippen LogP contribution in [0, 0.1) is 11.8 Å². The molecule has 0 saturated carbocycles. The van der Waals surface area contributed by atoms with Gasteiger partial charge in [-0.3, -0.25) is 10.1 Å². The van der Waals surface area contributed by atoms with Crippen molar-refractivity contribution in [3.05, 3.63) is 53.9 Å². The number of benzene rings is 3. The topological polar surface area (TPSA) is 138 Å². The number of aromatic nitrogens is 2. The number of aliphatic hydroxyl groups is 2. The molecule has 0 spiro atoms. The molecule has 4 atom stereocenters. The molecule has 0 bridgehead atoms. The molecule has 6 rings (SSSR count). The van der Waals surface area contributed by atoms with Gasteiger partial charge in [-0.25, -0.2) is 4.98 Å². The van der Waals surface area contributed by atoms with Crippen molar-refractivity contribution in [2.75, 3.05) is 27.4 Å². The largest absolute Gasteiger partial charge is 0.488 e. The molecule has 4 aromatic rings. The highest BCUT2D eigenvalue weighted by molar-refractivity contribution is 6.47. The van der Waals surface area contributed by atoms with Crippen molar-refractivity contribution in [1.82, 2.24) is 20.2 Å². The lowest BCUT2D eigenvalue weighted by atomic mass is 9.80. The number of H-pyrrole nitrogens is 1. The number of aromatic amines is 1. The Morgan fingerprint density at radius 3 is 2.61 bits per heavy atom. The zero-order chi connectivity index (χ0) is 35.2. The van der Waals surface area contributed by atoms with Crippen LogP contribution in [0.25, 0.3) is 32.9 Å². The first-order chi connectivity index (χ1) is 23.2. The van der Waals surface area contributed by atoms with E-state index < -0.39 is 23.7 Å². The number of hydrogen-bond donors (Lipinski definition) is 4. The van der Waals surface area contributed by atoms with Gasteiger partial charge in [-0.05, 0) is 74.7 Å². The molecule has 1 amide bonds. The maximum absolute atomic E-state index is 14.0. The summed E-state index contributed by atoms with van der Waals surface area (Å²) >= 11 is 0. The second-order valence-corrected chi connectivity index (χ2v) is 14.7. The number of fused-ring (bicyclic) bond motifs is 6. The average molecular weight is 672 g/mol. The Bertz CT molecular complexity index is 1840. The zero-order valence-electron chi connectivity index (χ0n) is 29.7. The summed E-state index contributed by atoms with van der Waals surface area (Å²) in [5, 5.41) is 25.5. The van der Waals surface area contributed by atoms with E-state index in [1.807, 2.05) is 44.7 Å². The third kappa shape index (κ3) is 6.95. The maximum Gasteiger partial charge on any atom is 0.330 e. The number of amides is 1. The SMILES string of the molecule is COC[C@H]1C[C@@H](c2nc3c(ccc4cc5c(cc43)OCc3cc([B]OC(C)(C)C(C)(C)O)ccc3-5)[nH]2)N(C(=O)[C@@H](NC(O)OC)C(C)C)C1. The summed E-state index contributed by atoms with van der Waals surface area (Å²) in [7, 11) is 4.76. The molecular weight excluding hydrogens is 623 g/mol. The van der Waals surface area contributed by atoms with Crippen molar-refractivity contribution in [2.45, 2.75) is 84.3 Å². The zero-order valence-corrected chi connectivity index (χ0v) is 29.7. The molecule has 1 saturated heterocycles. The maximum atomic E-state index is 14.0. The van der Waals surface area contributed by atoms with Crippen LogP contribution < -0.4 is 15.5 Å². The number of rotatable bonds is 12. The molecule has 261 valence electrons. The standard InChI is InChI=1S/C37H48BN4O7/c1-20(2)31(41-35(44)47-8)34(43)42-17-21(18-46-7)13-29(42)33-39-28-12-9-22-15-27-25-11-10-24(38-49-37(5,6)36(3,4)45)14-23(25)19-48-30(27)16-26(22)32(28)40-33/h9-12,14-16,20-21,29,31,35,41,44-45H,13,17-19H2,1-8H3,(H,39,40)/t21-,29-,31-,35?/m0/s1. The minimum Gasteiger partial charge on any atom is -0.488 e. The van der Waals surface area contributed by atoms with Gasteiger partial charge in [0.15, 0.2) is 0 Å². The highest BCUT2D eigenvalue weighted by Gasteiger charge is 2.41. The van der Waals surface area contributed by atoms with E-state index in [4.69, 9.17) is 23.8 Å². The summed E-state index contributed by atoms with van der Waals surface area (Å²) in [6.07, 6.45) is -0.555. The Morgan fingerprint density at radius 2 is 1.92 bits per heavy atom. The van der Waals surface area contributed by atoms with Crippen LogP contribution in [0.5, 0.6) is 5.75 Å². The number of carbonyl (C=O) groups excluding carboxylic acids is 1. The third-order valence-corrected chi connectivity index (χ3v) is 10.2. The fourth-order valence-electron chi connectivity index (χ4n) is 6.65. The fourth-order valence-corrected chi connectivity index (χ4v) is 6.65. The smallest absolute Gasteiger partial charge is 0.330 e. The van der Waals surface area contributed by atoms with Crippen LogP contribution in [0.15, 0.2) is 42.5 Å². The van der Waals surface area contributed by atoms with Gasteiger partial charge in [0.25, 0.3) is 0 Å². The average Bonchev–Trinajstić information content (AvgIpc) is 3.69. The van der Waals surface area contributed by atoms with Crippen molar-refractivity contribution < 1.29 is 33.9 Å². The molecule has 0 aliphatic carbocycles. The highest BCUT2D eigenvalue weighted by atomic mass is 16.6. The van der Waals surface area contributed by atoms with Crippen LogP contribution in [0.4, 0.5) is 0 Å². The van der Waals surface area contributed by atoms with Crippen LogP contribution >= 0.6 is 0 Å². The van der Waals surface area contributed by atoms with Gasteiger partial charge in [0.05, 0.1) is 40.9 Å². The van der Waals surface area contributed by atoms with E-state index in [1.54, 1.807) is 28.4 Å². The number of hydrogen-bond acceptors (Lipinski definition) is 9. The van der Waals surface area contributed by atoms with Crippen molar-refractivity contribution in [1.29, 1.82) is 0 Å². The quantitative estimate of drug-likeness (QED) is 0.129. The molecule has 12 heteroatoms. The van der Waals surface area contributed by atoms with Crippen LogP contribution in [-0.2, 0) is 25.5 Å². The van der Waals surface area contributed by atoms with E-state index >= 15 is 0 Å². The van der Waals surface area contributed by atoms with Crippen LogP contribution in [-0.4, -0.2) is 89.5 Å². The van der Waals surface area contributed by atoms with E-state index in [-0.39, 0.29) is 23.8 Å². The fraction of sp³-hybridized carbons (Fsp3) is 0.514. The summed E-state index contributed by atoms with van der Waals surface area (Å²) in [4.78, 5) is 24.5. The normalized spacial score (nSPS) is 19.2. The molecule has 3 aromatic carbocycles. The second kappa shape index (κ2) is 13.7. The Labute approximate surface area is 288 Å². The number of ether oxygens (including phenoxy) is 3. The molecule has 1 fully saturated rings. The summed E-state index contributed by atoms with van der Waals surface area (Å²) in [5.74, 6) is 1.44. The number of aliphatic hydroxyl groups excluding tert-OH is 1. The van der Waals surface area contributed by atoms with E-state index in [0.29, 0.717) is 32.0 Å². The predicted octanol–water partition coefficient (Wildman–Crippen LogP) is 4.16. The molecule has 2 aliphatic heterocycles. The van der Waals surface area contributed by atoms with E-state index in [1.165, 1.54) is 7.11 Å².